The van der Waals surface area contributed by atoms with Gasteiger partial charge in [0.2, 0.25) is 0 Å². The van der Waals surface area contributed by atoms with Gasteiger partial charge in [-0.05, 0) is 38.5 Å². The predicted octanol–water partition coefficient (Wildman–Crippen LogP) is 5.33. The second kappa shape index (κ2) is 27.2. The van der Waals surface area contributed by atoms with Gasteiger partial charge in [-0.1, -0.05) is 70.4 Å². The van der Waals surface area contributed by atoms with E-state index in [0.29, 0.717) is 12.7 Å². The lowest BCUT2D eigenvalue weighted by atomic mass is 10.1. The van der Waals surface area contributed by atoms with Gasteiger partial charge in [-0.15, -0.1) is 0 Å². The Balaban J connectivity index is 4.21. The lowest BCUT2D eigenvalue weighted by Crippen LogP contribution is -2.29. The molecule has 0 aliphatic heterocycles. The molecule has 240 valence electrons. The summed E-state index contributed by atoms with van der Waals surface area (Å²) in [5, 5.41) is 18.0. The fourth-order valence-electron chi connectivity index (χ4n) is 3.74. The van der Waals surface area contributed by atoms with Crippen molar-refractivity contribution in [3.8, 4) is 0 Å². The number of aliphatic hydroxyl groups is 2. The van der Waals surface area contributed by atoms with Crippen LogP contribution in [0.2, 0.25) is 0 Å². The average Bonchev–Trinajstić information content (AvgIpc) is 2.95. The maximum absolute atomic E-state index is 12.2. The number of aldehydes is 1. The first-order valence-corrected chi connectivity index (χ1v) is 16.6. The molecule has 0 saturated heterocycles. The molecule has 0 rings (SSSR count). The molecule has 3 N–H and O–H groups in total. The van der Waals surface area contributed by atoms with Crippen molar-refractivity contribution in [3.63, 3.8) is 0 Å². The Morgan fingerprint density at radius 3 is 1.93 bits per heavy atom. The Morgan fingerprint density at radius 1 is 0.756 bits per heavy atom. The van der Waals surface area contributed by atoms with Gasteiger partial charge in [0.25, 0.3) is 0 Å². The topological polar surface area (TPSA) is 166 Å². The number of hydrogen-bond acceptors (Lipinski definition) is 10. The number of carbonyl (C=O) groups excluding carboxylic acids is 3. The molecule has 0 aliphatic carbocycles. The molecule has 0 fully saturated rings. The first-order chi connectivity index (χ1) is 19.7. The molecule has 0 radical (unpaired) electrons. The second-order valence-electron chi connectivity index (χ2n) is 10.1. The minimum Gasteiger partial charge on any atom is -0.462 e. The van der Waals surface area contributed by atoms with Gasteiger partial charge in [0, 0.05) is 19.3 Å². The molecule has 1 unspecified atom stereocenters. The lowest BCUT2D eigenvalue weighted by Gasteiger charge is -2.20. The van der Waals surface area contributed by atoms with E-state index in [0.717, 1.165) is 38.5 Å². The molecule has 0 aromatic carbocycles. The summed E-state index contributed by atoms with van der Waals surface area (Å²) in [5.74, 6) is -1.17. The molecule has 0 aromatic rings. The summed E-state index contributed by atoms with van der Waals surface area (Å²) in [6.45, 7) is -0.0854. The Kier molecular flexibility index (Phi) is 26.2. The molecule has 0 spiro atoms. The molecule has 11 nitrogen and oxygen atoms in total. The molecule has 12 heteroatoms. The van der Waals surface area contributed by atoms with E-state index in [9.17, 15) is 28.9 Å². The van der Waals surface area contributed by atoms with Crippen LogP contribution in [-0.2, 0) is 37.5 Å². The number of aliphatic hydroxyl groups excluding tert-OH is 2. The van der Waals surface area contributed by atoms with E-state index in [-0.39, 0.29) is 32.3 Å². The number of phosphoric acid groups is 1. The van der Waals surface area contributed by atoms with Crippen LogP contribution >= 0.6 is 7.82 Å². The van der Waals surface area contributed by atoms with E-state index >= 15 is 0 Å². The van der Waals surface area contributed by atoms with Gasteiger partial charge in [0.05, 0.1) is 19.8 Å². The van der Waals surface area contributed by atoms with Gasteiger partial charge < -0.3 is 29.4 Å². The highest BCUT2D eigenvalue weighted by Gasteiger charge is 2.27. The van der Waals surface area contributed by atoms with E-state index in [4.69, 9.17) is 19.1 Å². The normalized spacial score (nSPS) is 14.4. The van der Waals surface area contributed by atoms with Crippen molar-refractivity contribution in [1.82, 2.24) is 0 Å². The van der Waals surface area contributed by atoms with Crippen LogP contribution < -0.4 is 0 Å². The summed E-state index contributed by atoms with van der Waals surface area (Å²) < 4.78 is 31.7. The maximum atomic E-state index is 12.2. The number of ether oxygens (including phenoxy) is 2. The molecule has 0 saturated carbocycles. The van der Waals surface area contributed by atoms with Crippen LogP contribution in [0, 0.1) is 0 Å². The summed E-state index contributed by atoms with van der Waals surface area (Å²) in [5.41, 5.74) is 0. The van der Waals surface area contributed by atoms with E-state index in [1.807, 2.05) is 0 Å². The number of unbranched alkanes of at least 4 members (excludes halogenated alkanes) is 12. The van der Waals surface area contributed by atoms with Gasteiger partial charge in [0.15, 0.2) is 6.10 Å². The Labute approximate surface area is 245 Å². The Morgan fingerprint density at radius 2 is 1.32 bits per heavy atom. The first kappa shape index (κ1) is 39.4. The Bertz CT molecular complexity index is 744. The summed E-state index contributed by atoms with van der Waals surface area (Å²) in [7, 11) is -4.63. The predicted molar refractivity (Wildman–Crippen MR) is 155 cm³/mol. The number of carbonyl (C=O) groups is 3. The van der Waals surface area contributed by atoms with Crippen LogP contribution in [-0.4, -0.2) is 72.0 Å². The molecule has 0 bridgehead atoms. The molecule has 0 amide bonds. The van der Waals surface area contributed by atoms with E-state index in [2.05, 4.69) is 23.6 Å². The van der Waals surface area contributed by atoms with E-state index in [1.54, 1.807) is 0 Å². The largest absolute Gasteiger partial charge is 0.472 e. The van der Waals surface area contributed by atoms with E-state index in [1.165, 1.54) is 38.5 Å². The number of hydrogen-bond donors (Lipinski definition) is 3. The van der Waals surface area contributed by atoms with Crippen LogP contribution in [0.5, 0.6) is 0 Å². The SMILES string of the molecule is CCCCCCCC/C=C\CCCCCCCC(=O)OC[C@H](COP(=O)(O)OC[C@@H](O)CO)OC(=O)CCCC=O. The third-order valence-corrected chi connectivity index (χ3v) is 7.09. The number of rotatable bonds is 29. The molecule has 0 aromatic heterocycles. The highest BCUT2D eigenvalue weighted by Crippen LogP contribution is 2.43. The Hall–Kier alpha value is -1.62. The van der Waals surface area contributed by atoms with Crippen molar-refractivity contribution in [2.24, 2.45) is 0 Å². The first-order valence-electron chi connectivity index (χ1n) is 15.1. The van der Waals surface area contributed by atoms with Crippen molar-refractivity contribution in [1.29, 1.82) is 0 Å². The van der Waals surface area contributed by atoms with Crippen LogP contribution in [0.3, 0.4) is 0 Å². The molecule has 3 atom stereocenters. The van der Waals surface area contributed by atoms with Gasteiger partial charge in [-0.25, -0.2) is 4.57 Å². The third-order valence-electron chi connectivity index (χ3n) is 6.14. The van der Waals surface area contributed by atoms with Crippen molar-refractivity contribution in [2.45, 2.75) is 128 Å². The van der Waals surface area contributed by atoms with Crippen LogP contribution in [0.15, 0.2) is 12.2 Å². The lowest BCUT2D eigenvalue weighted by molar-refractivity contribution is -0.161. The van der Waals surface area contributed by atoms with Crippen LogP contribution in [0.25, 0.3) is 0 Å². The molecule has 0 heterocycles. The highest BCUT2D eigenvalue weighted by molar-refractivity contribution is 7.47. The van der Waals surface area contributed by atoms with Crippen molar-refractivity contribution < 1.29 is 52.6 Å². The van der Waals surface area contributed by atoms with Gasteiger partial charge >= 0.3 is 19.8 Å². The van der Waals surface area contributed by atoms with Gasteiger partial charge in [-0.3, -0.25) is 18.6 Å². The smallest absolute Gasteiger partial charge is 0.462 e. The third kappa shape index (κ3) is 27.0. The van der Waals surface area contributed by atoms with Gasteiger partial charge in [-0.2, -0.15) is 0 Å². The van der Waals surface area contributed by atoms with Crippen molar-refractivity contribution >= 4 is 26.0 Å². The van der Waals surface area contributed by atoms with Crippen LogP contribution in [0.4, 0.5) is 0 Å². The zero-order valence-electron chi connectivity index (χ0n) is 24.8. The number of esters is 2. The number of allylic oxidation sites excluding steroid dienone is 2. The minimum atomic E-state index is -4.63. The zero-order valence-corrected chi connectivity index (χ0v) is 25.7. The molecule has 41 heavy (non-hydrogen) atoms. The van der Waals surface area contributed by atoms with Crippen LogP contribution in [0.1, 0.15) is 116 Å². The minimum absolute atomic E-state index is 0.0614. The summed E-state index contributed by atoms with van der Waals surface area (Å²) in [4.78, 5) is 44.3. The number of phosphoric ester groups is 1. The van der Waals surface area contributed by atoms with Crippen molar-refractivity contribution in [2.75, 3.05) is 26.4 Å². The highest BCUT2D eigenvalue weighted by atomic mass is 31.2. The quantitative estimate of drug-likeness (QED) is 0.0330. The van der Waals surface area contributed by atoms with Crippen molar-refractivity contribution in [3.05, 3.63) is 12.2 Å². The monoisotopic (exact) mass is 608 g/mol. The fourth-order valence-corrected chi connectivity index (χ4v) is 4.53. The average molecular weight is 609 g/mol. The summed E-state index contributed by atoms with van der Waals surface area (Å²) in [6.07, 6.45) is 18.1. The zero-order chi connectivity index (χ0) is 30.6. The molecule has 0 aliphatic rings. The van der Waals surface area contributed by atoms with E-state index < -0.39 is 51.8 Å². The standard InChI is InChI=1S/C29H53O11P/c1-2-3-4-5-6-7-8-9-10-11-12-13-14-15-16-19-28(33)37-24-27(40-29(34)20-17-18-21-30)25-39-41(35,36)38-23-26(32)22-31/h9-10,21,26-27,31-32H,2-8,11-20,22-25H2,1H3,(H,35,36)/b10-9-/t26-,27+/m0/s1. The van der Waals surface area contributed by atoms with Gasteiger partial charge in [0.1, 0.15) is 19.0 Å². The molecular weight excluding hydrogens is 555 g/mol. The maximum Gasteiger partial charge on any atom is 0.472 e. The second-order valence-corrected chi connectivity index (χ2v) is 11.5. The summed E-state index contributed by atoms with van der Waals surface area (Å²) >= 11 is 0. The molecular formula is C29H53O11P. The fraction of sp³-hybridized carbons (Fsp3) is 0.828. The summed E-state index contributed by atoms with van der Waals surface area (Å²) in [6, 6.07) is 0.